The molecule has 6 atom stereocenters. The fourth-order valence-corrected chi connectivity index (χ4v) is 5.34. The van der Waals surface area contributed by atoms with Gasteiger partial charge in [-0.25, -0.2) is 9.36 Å². The molecular formula is C21H26Cl2N5O8P. The molecule has 1 fully saturated rings. The number of esters is 1. The van der Waals surface area contributed by atoms with E-state index >= 15 is 0 Å². The van der Waals surface area contributed by atoms with Gasteiger partial charge in [0.2, 0.25) is 0 Å². The van der Waals surface area contributed by atoms with Crippen LogP contribution in [0, 0.1) is 0 Å². The van der Waals surface area contributed by atoms with Gasteiger partial charge in [-0.15, -0.1) is 0 Å². The molecule has 1 aromatic heterocycles. The number of rotatable bonds is 10. The summed E-state index contributed by atoms with van der Waals surface area (Å²) >= 11 is 11.9. The molecule has 0 spiro atoms. The molecule has 0 bridgehead atoms. The SMILES string of the molecule is C=N[C@]1(C)[C@H](O)[C@@H](COP(=O)(N[C@@H](C)C(=O)OC)Oc2ccc(Cl)c(Cl)c2)O[C@H]1n1ccc(N)nc1=O. The number of hydrogen-bond donors (Lipinski definition) is 3. The van der Waals surface area contributed by atoms with Gasteiger partial charge < -0.3 is 24.8 Å². The van der Waals surface area contributed by atoms with Crippen molar-refractivity contribution in [3.05, 3.63) is 51.0 Å². The molecule has 1 aliphatic rings. The van der Waals surface area contributed by atoms with Gasteiger partial charge in [-0.1, -0.05) is 23.2 Å². The first-order valence-corrected chi connectivity index (χ1v) is 13.0. The highest BCUT2D eigenvalue weighted by Crippen LogP contribution is 2.48. The standard InChI is InChI=1S/C21H26Cl2N5O8P/c1-11(18(30)33-4)27-37(32,36-12-5-6-13(22)14(23)9-12)34-10-15-17(29)21(2,25-3)19(35-15)28-8-7-16(24)26-20(28)31/h5-9,11,15,17,19,29H,3,10H2,1-2,4H3,(H,27,32)(H2,24,26,31)/t11-,15+,17+,19+,21+,37?/m0/s1. The average molecular weight is 578 g/mol. The van der Waals surface area contributed by atoms with Crippen LogP contribution in [0.25, 0.3) is 0 Å². The van der Waals surface area contributed by atoms with Crippen molar-refractivity contribution in [3.8, 4) is 5.75 Å². The summed E-state index contributed by atoms with van der Waals surface area (Å²) in [5.74, 6) is -0.721. The Morgan fingerprint density at radius 3 is 2.73 bits per heavy atom. The first-order valence-electron chi connectivity index (χ1n) is 10.7. The van der Waals surface area contributed by atoms with Crippen molar-refractivity contribution in [2.45, 2.75) is 43.9 Å². The Kier molecular flexibility index (Phi) is 9.01. The summed E-state index contributed by atoms with van der Waals surface area (Å²) < 4.78 is 36.4. The lowest BCUT2D eigenvalue weighted by molar-refractivity contribution is -0.142. The number of benzene rings is 1. The number of aliphatic hydroxyl groups excluding tert-OH is 1. The molecule has 1 aliphatic heterocycles. The molecule has 0 radical (unpaired) electrons. The van der Waals surface area contributed by atoms with E-state index in [0.29, 0.717) is 0 Å². The minimum atomic E-state index is -4.32. The molecule has 0 saturated carbocycles. The van der Waals surface area contributed by atoms with Crippen molar-refractivity contribution in [1.82, 2.24) is 14.6 Å². The Morgan fingerprint density at radius 2 is 2.14 bits per heavy atom. The van der Waals surface area contributed by atoms with Crippen molar-refractivity contribution in [2.24, 2.45) is 4.99 Å². The minimum absolute atomic E-state index is 0.000801. The number of nitrogens with zero attached hydrogens (tertiary/aromatic N) is 3. The molecule has 16 heteroatoms. The van der Waals surface area contributed by atoms with E-state index in [4.69, 9.17) is 42.7 Å². The zero-order chi connectivity index (χ0) is 27.5. The highest BCUT2D eigenvalue weighted by Gasteiger charge is 2.54. The first kappa shape index (κ1) is 29.1. The van der Waals surface area contributed by atoms with Crippen LogP contribution in [0.4, 0.5) is 5.82 Å². The number of aromatic nitrogens is 2. The lowest BCUT2D eigenvalue weighted by atomic mass is 9.93. The zero-order valence-electron chi connectivity index (χ0n) is 20.0. The predicted molar refractivity (Wildman–Crippen MR) is 136 cm³/mol. The number of nitrogens with one attached hydrogen (secondary N) is 1. The number of anilines is 1. The number of nitrogens with two attached hydrogens (primary N) is 1. The van der Waals surface area contributed by atoms with Crippen LogP contribution in [0.5, 0.6) is 5.75 Å². The highest BCUT2D eigenvalue weighted by molar-refractivity contribution is 7.52. The molecule has 2 heterocycles. The van der Waals surface area contributed by atoms with Gasteiger partial charge in [-0.05, 0) is 38.8 Å². The molecule has 4 N–H and O–H groups in total. The van der Waals surface area contributed by atoms with Crippen LogP contribution >= 0.6 is 30.9 Å². The summed E-state index contributed by atoms with van der Waals surface area (Å²) in [6.07, 6.45) is -2.33. The first-order chi connectivity index (χ1) is 17.3. The fourth-order valence-electron chi connectivity index (χ4n) is 3.55. The summed E-state index contributed by atoms with van der Waals surface area (Å²) in [5, 5.41) is 13.8. The van der Waals surface area contributed by atoms with Gasteiger partial charge in [0.1, 0.15) is 35.4 Å². The molecule has 13 nitrogen and oxygen atoms in total. The third-order valence-electron chi connectivity index (χ3n) is 5.63. The second kappa shape index (κ2) is 11.5. The third-order valence-corrected chi connectivity index (χ3v) is 8.01. The number of ether oxygens (including phenoxy) is 2. The third kappa shape index (κ3) is 6.32. The van der Waals surface area contributed by atoms with Crippen LogP contribution < -0.4 is 21.0 Å². The van der Waals surface area contributed by atoms with Gasteiger partial charge >= 0.3 is 19.4 Å². The molecule has 1 unspecified atom stereocenters. The van der Waals surface area contributed by atoms with E-state index in [9.17, 15) is 19.3 Å². The fraction of sp³-hybridized carbons (Fsp3) is 0.429. The number of carbonyl (C=O) groups excluding carboxylic acids is 1. The molecule has 1 saturated heterocycles. The van der Waals surface area contributed by atoms with Crippen LogP contribution in [0.3, 0.4) is 0 Å². The maximum absolute atomic E-state index is 13.7. The molecular weight excluding hydrogens is 552 g/mol. The summed E-state index contributed by atoms with van der Waals surface area (Å²) in [5.41, 5.74) is 3.40. The Morgan fingerprint density at radius 1 is 1.43 bits per heavy atom. The lowest BCUT2D eigenvalue weighted by Crippen LogP contribution is -2.45. The number of carbonyl (C=O) groups is 1. The summed E-state index contributed by atoms with van der Waals surface area (Å²) in [7, 11) is -3.16. The normalized spacial score (nSPS) is 25.7. The Bertz CT molecular complexity index is 1280. The van der Waals surface area contributed by atoms with Gasteiger partial charge in [-0.2, -0.15) is 10.1 Å². The quantitative estimate of drug-likeness (QED) is 0.214. The second-order valence-corrected chi connectivity index (χ2v) is 10.7. The Labute approximate surface area is 222 Å². The molecule has 37 heavy (non-hydrogen) atoms. The summed E-state index contributed by atoms with van der Waals surface area (Å²) in [4.78, 5) is 32.0. The summed E-state index contributed by atoms with van der Waals surface area (Å²) in [6, 6.07) is 4.38. The number of nitrogen functional groups attached to an aromatic ring is 1. The predicted octanol–water partition coefficient (Wildman–Crippen LogP) is 2.20. The van der Waals surface area contributed by atoms with E-state index in [1.54, 1.807) is 0 Å². The average Bonchev–Trinajstić information content (AvgIpc) is 3.10. The van der Waals surface area contributed by atoms with E-state index in [1.165, 1.54) is 44.3 Å². The van der Waals surface area contributed by atoms with Crippen molar-refractivity contribution in [1.29, 1.82) is 0 Å². The van der Waals surface area contributed by atoms with Crippen molar-refractivity contribution >= 4 is 49.5 Å². The van der Waals surface area contributed by atoms with Crippen LogP contribution in [-0.2, 0) is 23.4 Å². The van der Waals surface area contributed by atoms with Gasteiger partial charge in [0.05, 0.1) is 23.8 Å². The van der Waals surface area contributed by atoms with Gasteiger partial charge in [0, 0.05) is 12.3 Å². The van der Waals surface area contributed by atoms with Crippen LogP contribution in [0.2, 0.25) is 10.0 Å². The van der Waals surface area contributed by atoms with Gasteiger partial charge in [0.15, 0.2) is 6.23 Å². The maximum Gasteiger partial charge on any atom is 0.459 e. The smallest absolute Gasteiger partial charge is 0.459 e. The Balaban J connectivity index is 1.86. The number of hydrogen-bond acceptors (Lipinski definition) is 11. The van der Waals surface area contributed by atoms with E-state index < -0.39 is 56.0 Å². The summed E-state index contributed by atoms with van der Waals surface area (Å²) in [6.45, 7) is 5.90. The largest absolute Gasteiger partial charge is 0.468 e. The van der Waals surface area contributed by atoms with Crippen LogP contribution in [0.1, 0.15) is 20.1 Å². The molecule has 0 amide bonds. The van der Waals surface area contributed by atoms with Crippen molar-refractivity contribution in [2.75, 3.05) is 19.5 Å². The van der Waals surface area contributed by atoms with E-state index in [0.717, 1.165) is 11.7 Å². The molecule has 2 aromatic rings. The van der Waals surface area contributed by atoms with Crippen LogP contribution in [0.15, 0.2) is 40.2 Å². The topological polar surface area (TPSA) is 177 Å². The zero-order valence-corrected chi connectivity index (χ0v) is 22.4. The highest BCUT2D eigenvalue weighted by atomic mass is 35.5. The minimum Gasteiger partial charge on any atom is -0.468 e. The van der Waals surface area contributed by atoms with Crippen molar-refractivity contribution < 1.29 is 33.0 Å². The van der Waals surface area contributed by atoms with Gasteiger partial charge in [-0.3, -0.25) is 18.9 Å². The number of halogens is 2. The molecule has 3 rings (SSSR count). The number of aliphatic imine (C=N–C) groups is 1. The molecule has 0 aliphatic carbocycles. The molecule has 1 aromatic carbocycles. The van der Waals surface area contributed by atoms with Crippen molar-refractivity contribution in [3.63, 3.8) is 0 Å². The molecule has 202 valence electrons. The van der Waals surface area contributed by atoms with E-state index in [-0.39, 0.29) is 21.6 Å². The van der Waals surface area contributed by atoms with Gasteiger partial charge in [0.25, 0.3) is 0 Å². The van der Waals surface area contributed by atoms with E-state index in [2.05, 4.69) is 26.5 Å². The maximum atomic E-state index is 13.7. The number of methoxy groups -OCH3 is 1. The number of aliphatic hydroxyl groups is 1. The monoisotopic (exact) mass is 577 g/mol. The Hall–Kier alpha value is -2.51. The van der Waals surface area contributed by atoms with Crippen LogP contribution in [-0.4, -0.2) is 64.8 Å². The lowest BCUT2D eigenvalue weighted by Gasteiger charge is -2.28. The second-order valence-electron chi connectivity index (χ2n) is 8.23. The van der Waals surface area contributed by atoms with E-state index in [1.807, 2.05) is 0 Å².